The molecule has 1 fully saturated rings. The van der Waals surface area contributed by atoms with Crippen LogP contribution in [0.3, 0.4) is 0 Å². The monoisotopic (exact) mass is 390 g/mol. The molecule has 1 aromatic carbocycles. The predicted molar refractivity (Wildman–Crippen MR) is 102 cm³/mol. The zero-order valence-corrected chi connectivity index (χ0v) is 15.8. The fourth-order valence-electron chi connectivity index (χ4n) is 2.66. The average molecular weight is 390 g/mol. The molecule has 0 bridgehead atoms. The highest BCUT2D eigenvalue weighted by atomic mass is 32.2. The number of terminal acetylenes is 1. The molecule has 0 aromatic heterocycles. The minimum absolute atomic E-state index is 0.102. The number of carbonyl (C=O) groups excluding carboxylic acids is 2. The van der Waals surface area contributed by atoms with Gasteiger partial charge in [0.15, 0.2) is 0 Å². The zero-order valence-electron chi connectivity index (χ0n) is 14.1. The second kappa shape index (κ2) is 8.08. The molecule has 0 spiro atoms. The molecule has 8 heteroatoms. The lowest BCUT2D eigenvalue weighted by Gasteiger charge is -2.48. The first kappa shape index (κ1) is 18.7. The third-order valence-electron chi connectivity index (χ3n) is 4.03. The van der Waals surface area contributed by atoms with Gasteiger partial charge in [0, 0.05) is 10.7 Å². The maximum atomic E-state index is 12.7. The van der Waals surface area contributed by atoms with Crippen molar-refractivity contribution >= 4 is 35.4 Å². The van der Waals surface area contributed by atoms with Gasteiger partial charge in [0.1, 0.15) is 29.5 Å². The van der Waals surface area contributed by atoms with E-state index in [1.807, 2.05) is 12.1 Å². The molecule has 1 aromatic rings. The Balaban J connectivity index is 1.75. The van der Waals surface area contributed by atoms with Crippen molar-refractivity contribution in [3.63, 3.8) is 0 Å². The van der Waals surface area contributed by atoms with Crippen molar-refractivity contribution in [1.29, 1.82) is 0 Å². The number of benzene rings is 1. The molecule has 0 unspecified atom stereocenters. The number of amides is 1. The van der Waals surface area contributed by atoms with Crippen molar-refractivity contribution in [3.05, 3.63) is 40.4 Å². The standard InChI is InChI=1S/C18H18N2O4S2/c1-3-8-25-13-10-26-17-14(19)16(21)20(17)15(13)18(22)24-9-11-4-6-12(23-2)7-5-11/h1,4-7,14,17H,8-10,19H2,2H3/t14-,17-/m1/s1. The third-order valence-corrected chi connectivity index (χ3v) is 6.51. The molecule has 2 N–H and O–H groups in total. The van der Waals surface area contributed by atoms with E-state index in [0.717, 1.165) is 16.2 Å². The molecule has 6 nitrogen and oxygen atoms in total. The van der Waals surface area contributed by atoms with Crippen LogP contribution in [0.4, 0.5) is 0 Å². The van der Waals surface area contributed by atoms with Gasteiger partial charge < -0.3 is 15.2 Å². The number of nitrogens with zero attached hydrogens (tertiary/aromatic N) is 1. The van der Waals surface area contributed by atoms with Crippen LogP contribution in [-0.4, -0.2) is 46.8 Å². The number of rotatable bonds is 6. The normalized spacial score (nSPS) is 21.6. The lowest BCUT2D eigenvalue weighted by molar-refractivity contribution is -0.151. The molecule has 0 aliphatic carbocycles. The SMILES string of the molecule is C#CCSC1=C(C(=O)OCc2ccc(OC)cc2)N2C(=O)[C@@H](N)[C@H]2SC1. The Labute approximate surface area is 160 Å². The first-order valence-corrected chi connectivity index (χ1v) is 9.90. The van der Waals surface area contributed by atoms with E-state index in [9.17, 15) is 9.59 Å². The second-order valence-electron chi connectivity index (χ2n) is 5.62. The number of ether oxygens (including phenoxy) is 2. The van der Waals surface area contributed by atoms with Crippen molar-refractivity contribution in [2.45, 2.75) is 18.0 Å². The summed E-state index contributed by atoms with van der Waals surface area (Å²) in [5.74, 6) is 3.46. The van der Waals surface area contributed by atoms with Gasteiger partial charge in [-0.1, -0.05) is 18.1 Å². The van der Waals surface area contributed by atoms with Gasteiger partial charge in [-0.3, -0.25) is 9.69 Å². The lowest BCUT2D eigenvalue weighted by atomic mass is 10.1. The van der Waals surface area contributed by atoms with E-state index in [1.165, 1.54) is 28.4 Å². The van der Waals surface area contributed by atoms with E-state index >= 15 is 0 Å². The maximum absolute atomic E-state index is 12.7. The minimum Gasteiger partial charge on any atom is -0.497 e. The number of hydrogen-bond donors (Lipinski definition) is 1. The highest BCUT2D eigenvalue weighted by Gasteiger charge is 2.52. The van der Waals surface area contributed by atoms with Crippen LogP contribution in [0, 0.1) is 12.3 Å². The number of methoxy groups -OCH3 is 1. The average Bonchev–Trinajstić information content (AvgIpc) is 2.69. The van der Waals surface area contributed by atoms with Crippen LogP contribution < -0.4 is 10.5 Å². The van der Waals surface area contributed by atoms with Crippen molar-refractivity contribution in [2.75, 3.05) is 18.6 Å². The Morgan fingerprint density at radius 1 is 1.46 bits per heavy atom. The molecule has 2 atom stereocenters. The Kier molecular flexibility index (Phi) is 5.81. The molecule has 26 heavy (non-hydrogen) atoms. The number of carbonyl (C=O) groups is 2. The number of β-lactam (4-membered cyclic amide) rings is 1. The smallest absolute Gasteiger partial charge is 0.356 e. The number of fused-ring (bicyclic) bond motifs is 1. The lowest BCUT2D eigenvalue weighted by Crippen LogP contribution is -2.68. The Hall–Kier alpha value is -2.08. The maximum Gasteiger partial charge on any atom is 0.356 e. The molecule has 0 radical (unpaired) electrons. The van der Waals surface area contributed by atoms with Crippen molar-refractivity contribution in [2.24, 2.45) is 5.73 Å². The van der Waals surface area contributed by atoms with E-state index in [1.54, 1.807) is 19.2 Å². The molecule has 136 valence electrons. The molecule has 0 saturated carbocycles. The largest absolute Gasteiger partial charge is 0.497 e. The van der Waals surface area contributed by atoms with E-state index < -0.39 is 12.0 Å². The minimum atomic E-state index is -0.580. The van der Waals surface area contributed by atoms with Gasteiger partial charge in [0.05, 0.1) is 12.9 Å². The van der Waals surface area contributed by atoms with Crippen LogP contribution in [-0.2, 0) is 20.9 Å². The summed E-state index contributed by atoms with van der Waals surface area (Å²) >= 11 is 2.91. The topological polar surface area (TPSA) is 81.9 Å². The van der Waals surface area contributed by atoms with Crippen LogP contribution in [0.1, 0.15) is 5.56 Å². The van der Waals surface area contributed by atoms with E-state index in [0.29, 0.717) is 11.5 Å². The van der Waals surface area contributed by atoms with Crippen molar-refractivity contribution < 1.29 is 19.1 Å². The van der Waals surface area contributed by atoms with Crippen molar-refractivity contribution in [3.8, 4) is 18.1 Å². The van der Waals surface area contributed by atoms with Gasteiger partial charge >= 0.3 is 5.97 Å². The predicted octanol–water partition coefficient (Wildman–Crippen LogP) is 1.56. The van der Waals surface area contributed by atoms with Crippen LogP contribution in [0.15, 0.2) is 34.9 Å². The summed E-state index contributed by atoms with van der Waals surface area (Å²) < 4.78 is 10.5. The Morgan fingerprint density at radius 3 is 2.85 bits per heavy atom. The molecule has 1 saturated heterocycles. The summed E-state index contributed by atoms with van der Waals surface area (Å²) in [4.78, 5) is 27.0. The van der Waals surface area contributed by atoms with E-state index in [-0.39, 0.29) is 23.6 Å². The summed E-state index contributed by atoms with van der Waals surface area (Å²) in [6.45, 7) is 0.102. The first-order chi connectivity index (χ1) is 12.6. The number of esters is 1. The van der Waals surface area contributed by atoms with Crippen LogP contribution in [0.2, 0.25) is 0 Å². The quantitative estimate of drug-likeness (QED) is 0.448. The zero-order chi connectivity index (χ0) is 18.7. The number of nitrogens with two attached hydrogens (primary N) is 1. The van der Waals surface area contributed by atoms with Crippen LogP contribution >= 0.6 is 23.5 Å². The van der Waals surface area contributed by atoms with Crippen LogP contribution in [0.25, 0.3) is 0 Å². The van der Waals surface area contributed by atoms with E-state index in [2.05, 4.69) is 5.92 Å². The van der Waals surface area contributed by atoms with Crippen molar-refractivity contribution in [1.82, 2.24) is 4.90 Å². The molecule has 2 heterocycles. The van der Waals surface area contributed by atoms with Crippen LogP contribution in [0.5, 0.6) is 5.75 Å². The van der Waals surface area contributed by atoms with Gasteiger partial charge in [-0.05, 0) is 17.7 Å². The summed E-state index contributed by atoms with van der Waals surface area (Å²) in [7, 11) is 1.59. The fourth-order valence-corrected chi connectivity index (χ4v) is 4.91. The fraction of sp³-hybridized carbons (Fsp3) is 0.333. The van der Waals surface area contributed by atoms with Gasteiger partial charge in [0.2, 0.25) is 5.91 Å². The van der Waals surface area contributed by atoms with Gasteiger partial charge in [-0.25, -0.2) is 4.79 Å². The molecule has 2 aliphatic heterocycles. The third kappa shape index (κ3) is 3.56. The summed E-state index contributed by atoms with van der Waals surface area (Å²) in [5.41, 5.74) is 6.94. The number of thioether (sulfide) groups is 2. The summed E-state index contributed by atoms with van der Waals surface area (Å²) in [6, 6.07) is 6.64. The molecular weight excluding hydrogens is 372 g/mol. The highest BCUT2D eigenvalue weighted by Crippen LogP contribution is 2.42. The van der Waals surface area contributed by atoms with Gasteiger partial charge in [-0.2, -0.15) is 0 Å². The molecule has 1 amide bonds. The Bertz CT molecular complexity index is 785. The Morgan fingerprint density at radius 2 is 2.19 bits per heavy atom. The second-order valence-corrected chi connectivity index (χ2v) is 7.80. The first-order valence-electron chi connectivity index (χ1n) is 7.86. The molecular formula is C18H18N2O4S2. The van der Waals surface area contributed by atoms with E-state index in [4.69, 9.17) is 21.6 Å². The van der Waals surface area contributed by atoms with Gasteiger partial charge in [0.25, 0.3) is 0 Å². The van der Waals surface area contributed by atoms with Gasteiger partial charge in [-0.15, -0.1) is 29.9 Å². The summed E-state index contributed by atoms with van der Waals surface area (Å²) in [5, 5.41) is -0.221. The molecule has 3 rings (SSSR count). The highest BCUT2D eigenvalue weighted by molar-refractivity contribution is 8.06. The molecule has 2 aliphatic rings. The summed E-state index contributed by atoms with van der Waals surface area (Å²) in [6.07, 6.45) is 5.32. The number of hydrogen-bond acceptors (Lipinski definition) is 7.